The fraction of sp³-hybridized carbons (Fsp3) is 0.818. The average molecular weight is 226 g/mol. The average Bonchev–Trinajstić information content (AvgIpc) is 2.71. The zero-order chi connectivity index (χ0) is 12.0. The van der Waals surface area contributed by atoms with Gasteiger partial charge < -0.3 is 14.7 Å². The molecule has 92 valence electrons. The molecule has 0 aromatic carbocycles. The molecule has 1 rings (SSSR count). The molecule has 1 N–H and O–H groups in total. The minimum absolute atomic E-state index is 0.483. The van der Waals surface area contributed by atoms with Gasteiger partial charge in [-0.3, -0.25) is 0 Å². The molecule has 5 nitrogen and oxygen atoms in total. The molecule has 1 heterocycles. The maximum absolute atomic E-state index is 5.15. The lowest BCUT2D eigenvalue weighted by atomic mass is 10.3. The van der Waals surface area contributed by atoms with Crippen LogP contribution in [-0.2, 0) is 13.0 Å². The third kappa shape index (κ3) is 4.72. The van der Waals surface area contributed by atoms with Crippen molar-refractivity contribution in [3.05, 3.63) is 11.7 Å². The summed E-state index contributed by atoms with van der Waals surface area (Å²) in [5, 5.41) is 7.26. The minimum atomic E-state index is 0.483. The summed E-state index contributed by atoms with van der Waals surface area (Å²) < 4.78 is 5.15. The molecular formula is C11H22N4O. The summed E-state index contributed by atoms with van der Waals surface area (Å²) in [5.41, 5.74) is 0. The second-order valence-corrected chi connectivity index (χ2v) is 4.35. The van der Waals surface area contributed by atoms with Gasteiger partial charge in [-0.15, -0.1) is 0 Å². The molecule has 0 bridgehead atoms. The number of likely N-dealkylation sites (N-methyl/N-ethyl adjacent to an activating group) is 1. The Kier molecular flexibility index (Phi) is 5.42. The van der Waals surface area contributed by atoms with Gasteiger partial charge in [0.1, 0.15) is 0 Å². The van der Waals surface area contributed by atoms with Crippen LogP contribution in [0.1, 0.15) is 32.0 Å². The van der Waals surface area contributed by atoms with Crippen LogP contribution < -0.4 is 5.32 Å². The summed E-state index contributed by atoms with van der Waals surface area (Å²) >= 11 is 0. The number of hydrogen-bond donors (Lipinski definition) is 1. The molecule has 0 aliphatic heterocycles. The van der Waals surface area contributed by atoms with Crippen molar-refractivity contribution in [1.29, 1.82) is 0 Å². The molecular weight excluding hydrogens is 204 g/mol. The van der Waals surface area contributed by atoms with E-state index in [0.29, 0.717) is 18.5 Å². The molecule has 16 heavy (non-hydrogen) atoms. The summed E-state index contributed by atoms with van der Waals surface area (Å²) in [6, 6.07) is 0.483. The smallest absolute Gasteiger partial charge is 0.240 e. The van der Waals surface area contributed by atoms with Gasteiger partial charge in [-0.25, -0.2) is 0 Å². The Hall–Kier alpha value is -0.940. The molecule has 0 saturated carbocycles. The van der Waals surface area contributed by atoms with Gasteiger partial charge in [-0.2, -0.15) is 4.98 Å². The van der Waals surface area contributed by atoms with Crippen molar-refractivity contribution in [1.82, 2.24) is 20.4 Å². The van der Waals surface area contributed by atoms with Gasteiger partial charge in [0.05, 0.1) is 6.54 Å². The Bertz CT molecular complexity index is 298. The number of hydrogen-bond acceptors (Lipinski definition) is 5. The van der Waals surface area contributed by atoms with E-state index in [2.05, 4.69) is 34.2 Å². The molecule has 0 radical (unpaired) electrons. The maximum Gasteiger partial charge on any atom is 0.240 e. The molecule has 0 fully saturated rings. The molecule has 0 spiro atoms. The number of nitrogens with zero attached hydrogens (tertiary/aromatic N) is 3. The predicted octanol–water partition coefficient (Wildman–Crippen LogP) is 1.06. The highest BCUT2D eigenvalue weighted by atomic mass is 16.5. The molecule has 1 atom stereocenters. The van der Waals surface area contributed by atoms with Crippen LogP contribution in [-0.4, -0.2) is 41.7 Å². The first-order valence-electron chi connectivity index (χ1n) is 5.81. The molecule has 0 aliphatic rings. The van der Waals surface area contributed by atoms with Crippen molar-refractivity contribution < 1.29 is 4.52 Å². The Morgan fingerprint density at radius 1 is 1.44 bits per heavy atom. The quantitative estimate of drug-likeness (QED) is 0.753. The first-order chi connectivity index (χ1) is 7.61. The Labute approximate surface area is 97.2 Å². The largest absolute Gasteiger partial charge is 0.338 e. The van der Waals surface area contributed by atoms with E-state index in [-0.39, 0.29) is 0 Å². The van der Waals surface area contributed by atoms with Gasteiger partial charge in [0, 0.05) is 19.0 Å². The van der Waals surface area contributed by atoms with E-state index >= 15 is 0 Å². The normalized spacial score (nSPS) is 13.3. The zero-order valence-corrected chi connectivity index (χ0v) is 10.7. The van der Waals surface area contributed by atoms with Crippen LogP contribution in [0.25, 0.3) is 0 Å². The van der Waals surface area contributed by atoms with Crippen molar-refractivity contribution in [2.24, 2.45) is 0 Å². The molecule has 1 aromatic rings. The van der Waals surface area contributed by atoms with E-state index in [1.165, 1.54) is 0 Å². The molecule has 1 unspecified atom stereocenters. The lowest BCUT2D eigenvalue weighted by Gasteiger charge is -2.07. The van der Waals surface area contributed by atoms with Crippen LogP contribution in [0.15, 0.2) is 4.52 Å². The first-order valence-corrected chi connectivity index (χ1v) is 5.81. The monoisotopic (exact) mass is 226 g/mol. The molecule has 0 amide bonds. The SMILES string of the molecule is CCC(C)NCc1nc(CCN(C)C)no1. The maximum atomic E-state index is 5.15. The van der Waals surface area contributed by atoms with E-state index in [0.717, 1.165) is 25.2 Å². The zero-order valence-electron chi connectivity index (χ0n) is 10.7. The summed E-state index contributed by atoms with van der Waals surface area (Å²) in [7, 11) is 4.07. The van der Waals surface area contributed by atoms with Gasteiger partial charge >= 0.3 is 0 Å². The van der Waals surface area contributed by atoms with Crippen molar-refractivity contribution in [2.45, 2.75) is 39.3 Å². The van der Waals surface area contributed by atoms with Crippen LogP contribution in [0.4, 0.5) is 0 Å². The van der Waals surface area contributed by atoms with E-state index < -0.39 is 0 Å². The van der Waals surface area contributed by atoms with Crippen LogP contribution >= 0.6 is 0 Å². The summed E-state index contributed by atoms with van der Waals surface area (Å²) in [6.07, 6.45) is 1.93. The molecule has 5 heteroatoms. The summed E-state index contributed by atoms with van der Waals surface area (Å²) in [5.74, 6) is 1.46. The molecule has 0 aliphatic carbocycles. The van der Waals surface area contributed by atoms with E-state index in [4.69, 9.17) is 4.52 Å². The van der Waals surface area contributed by atoms with E-state index in [1.54, 1.807) is 0 Å². The van der Waals surface area contributed by atoms with Crippen LogP contribution in [0.3, 0.4) is 0 Å². The lowest BCUT2D eigenvalue weighted by Crippen LogP contribution is -2.24. The predicted molar refractivity (Wildman–Crippen MR) is 63.1 cm³/mol. The Morgan fingerprint density at radius 2 is 2.19 bits per heavy atom. The Balaban J connectivity index is 2.33. The third-order valence-corrected chi connectivity index (χ3v) is 2.51. The fourth-order valence-electron chi connectivity index (χ4n) is 1.19. The van der Waals surface area contributed by atoms with Gasteiger partial charge in [-0.1, -0.05) is 12.1 Å². The van der Waals surface area contributed by atoms with Crippen molar-refractivity contribution in [3.8, 4) is 0 Å². The summed E-state index contributed by atoms with van der Waals surface area (Å²) in [6.45, 7) is 5.89. The second-order valence-electron chi connectivity index (χ2n) is 4.35. The van der Waals surface area contributed by atoms with Crippen molar-refractivity contribution in [3.63, 3.8) is 0 Å². The molecule has 1 aromatic heterocycles. The lowest BCUT2D eigenvalue weighted by molar-refractivity contribution is 0.350. The second kappa shape index (κ2) is 6.60. The number of rotatable bonds is 7. The third-order valence-electron chi connectivity index (χ3n) is 2.51. The highest BCUT2D eigenvalue weighted by Gasteiger charge is 2.07. The van der Waals surface area contributed by atoms with Crippen LogP contribution in [0, 0.1) is 0 Å². The van der Waals surface area contributed by atoms with Gasteiger partial charge in [0.2, 0.25) is 5.89 Å². The number of aromatic nitrogens is 2. The first kappa shape index (κ1) is 13.1. The van der Waals surface area contributed by atoms with Gasteiger partial charge in [0.15, 0.2) is 5.82 Å². The van der Waals surface area contributed by atoms with Gasteiger partial charge in [0.25, 0.3) is 0 Å². The van der Waals surface area contributed by atoms with Crippen molar-refractivity contribution in [2.75, 3.05) is 20.6 Å². The highest BCUT2D eigenvalue weighted by molar-refractivity contribution is 4.87. The fourth-order valence-corrected chi connectivity index (χ4v) is 1.19. The topological polar surface area (TPSA) is 54.2 Å². The van der Waals surface area contributed by atoms with Crippen LogP contribution in [0.2, 0.25) is 0 Å². The van der Waals surface area contributed by atoms with Gasteiger partial charge in [-0.05, 0) is 27.4 Å². The summed E-state index contributed by atoms with van der Waals surface area (Å²) in [4.78, 5) is 6.43. The highest BCUT2D eigenvalue weighted by Crippen LogP contribution is 1.99. The number of nitrogens with one attached hydrogen (secondary N) is 1. The Morgan fingerprint density at radius 3 is 2.81 bits per heavy atom. The molecule has 0 saturated heterocycles. The van der Waals surface area contributed by atoms with E-state index in [1.807, 2.05) is 14.1 Å². The van der Waals surface area contributed by atoms with E-state index in [9.17, 15) is 0 Å². The van der Waals surface area contributed by atoms with Crippen molar-refractivity contribution >= 4 is 0 Å². The standard InChI is InChI=1S/C11H22N4O/c1-5-9(2)12-8-11-13-10(14-16-11)6-7-15(3)4/h9,12H,5-8H2,1-4H3. The minimum Gasteiger partial charge on any atom is -0.338 e. The van der Waals surface area contributed by atoms with Crippen LogP contribution in [0.5, 0.6) is 0 Å².